The number of Topliss-reactive ketones (excluding diaryl/α,β-unsaturated/α-hetero) is 1. The van der Waals surface area contributed by atoms with E-state index in [2.05, 4.69) is 33.4 Å². The maximum Gasteiger partial charge on any atom is 0.145 e. The third-order valence-corrected chi connectivity index (χ3v) is 4.15. The molecule has 3 nitrogen and oxygen atoms in total. The Morgan fingerprint density at radius 3 is 2.74 bits per heavy atom. The molecule has 1 aromatic carbocycles. The van der Waals surface area contributed by atoms with Crippen molar-refractivity contribution < 1.29 is 4.79 Å². The van der Waals surface area contributed by atoms with E-state index in [9.17, 15) is 4.79 Å². The van der Waals surface area contributed by atoms with E-state index in [1.807, 2.05) is 30.3 Å². The molecule has 19 heavy (non-hydrogen) atoms. The van der Waals surface area contributed by atoms with Crippen LogP contribution in [0.2, 0.25) is 0 Å². The summed E-state index contributed by atoms with van der Waals surface area (Å²) >= 11 is 3.42. The molecule has 1 N–H and O–H groups in total. The van der Waals surface area contributed by atoms with Crippen LogP contribution in [-0.2, 0) is 4.79 Å². The number of fused-ring (bicyclic) bond motifs is 1. The first kappa shape index (κ1) is 12.6. The molecule has 0 spiro atoms. The van der Waals surface area contributed by atoms with Crippen LogP contribution in [0.15, 0.2) is 39.9 Å². The Hall–Kier alpha value is -1.42. The molecular formula is C15H15BrN2O. The van der Waals surface area contributed by atoms with E-state index in [1.54, 1.807) is 0 Å². The van der Waals surface area contributed by atoms with Gasteiger partial charge in [-0.25, -0.2) is 0 Å². The first-order chi connectivity index (χ1) is 9.13. The number of nitrogens with one attached hydrogen (secondary N) is 1. The number of carbonyl (C=O) groups excluding carboxylic acids is 1. The monoisotopic (exact) mass is 318 g/mol. The van der Waals surface area contributed by atoms with Crippen molar-refractivity contribution in [1.82, 2.24) is 5.43 Å². The zero-order valence-electron chi connectivity index (χ0n) is 10.7. The van der Waals surface area contributed by atoms with Crippen molar-refractivity contribution in [2.24, 2.45) is 16.9 Å². The summed E-state index contributed by atoms with van der Waals surface area (Å²) in [4.78, 5) is 12.1. The highest BCUT2D eigenvalue weighted by molar-refractivity contribution is 9.10. The second-order valence-corrected chi connectivity index (χ2v) is 6.18. The third-order valence-electron chi connectivity index (χ3n) is 3.62. The minimum absolute atomic E-state index is 0.129. The van der Waals surface area contributed by atoms with E-state index >= 15 is 0 Å². The second kappa shape index (κ2) is 4.93. The molecule has 0 aromatic heterocycles. The number of carbonyl (C=O) groups is 1. The molecule has 2 atom stereocenters. The lowest BCUT2D eigenvalue weighted by Crippen LogP contribution is -2.35. The first-order valence-electron chi connectivity index (χ1n) is 6.46. The van der Waals surface area contributed by atoms with Crippen molar-refractivity contribution in [3.05, 3.63) is 40.4 Å². The Bertz CT molecular complexity index is 574. The summed E-state index contributed by atoms with van der Waals surface area (Å²) in [6.45, 7) is 2.10. The predicted octanol–water partition coefficient (Wildman–Crippen LogP) is 3.36. The summed E-state index contributed by atoms with van der Waals surface area (Å²) in [7, 11) is 0. The molecule has 4 heteroatoms. The van der Waals surface area contributed by atoms with Crippen molar-refractivity contribution in [3.8, 4) is 0 Å². The maximum atomic E-state index is 12.1. The van der Waals surface area contributed by atoms with Crippen LogP contribution in [0.1, 0.15) is 25.3 Å². The number of allylic oxidation sites excluding steroid dienone is 1. The molecule has 1 aliphatic heterocycles. The maximum absolute atomic E-state index is 12.1. The van der Waals surface area contributed by atoms with Gasteiger partial charge in [-0.05, 0) is 36.1 Å². The Morgan fingerprint density at radius 1 is 1.26 bits per heavy atom. The van der Waals surface area contributed by atoms with Crippen LogP contribution < -0.4 is 5.43 Å². The van der Waals surface area contributed by atoms with Crippen LogP contribution in [0.3, 0.4) is 0 Å². The average Bonchev–Trinajstić information content (AvgIpc) is 2.39. The van der Waals surface area contributed by atoms with Gasteiger partial charge in [0.15, 0.2) is 0 Å². The van der Waals surface area contributed by atoms with Crippen molar-refractivity contribution in [1.29, 1.82) is 0 Å². The van der Waals surface area contributed by atoms with Gasteiger partial charge in [-0.3, -0.25) is 10.2 Å². The number of hydrazone groups is 1. The molecule has 1 fully saturated rings. The van der Waals surface area contributed by atoms with Gasteiger partial charge < -0.3 is 0 Å². The highest BCUT2D eigenvalue weighted by atomic mass is 79.9. The normalized spacial score (nSPS) is 26.1. The van der Waals surface area contributed by atoms with Crippen molar-refractivity contribution >= 4 is 33.1 Å². The highest BCUT2D eigenvalue weighted by Gasteiger charge is 2.32. The molecule has 0 radical (unpaired) electrons. The Morgan fingerprint density at radius 2 is 2.00 bits per heavy atom. The zero-order chi connectivity index (χ0) is 13.4. The fraction of sp³-hybridized carbons (Fsp3) is 0.333. The van der Waals surface area contributed by atoms with E-state index in [1.165, 1.54) is 0 Å². The van der Waals surface area contributed by atoms with Gasteiger partial charge in [0, 0.05) is 10.9 Å². The fourth-order valence-corrected chi connectivity index (χ4v) is 2.91. The number of hydrogen-bond acceptors (Lipinski definition) is 3. The molecule has 1 aliphatic carbocycles. The summed E-state index contributed by atoms with van der Waals surface area (Å²) in [5.41, 5.74) is 6.03. The molecule has 0 amide bonds. The van der Waals surface area contributed by atoms with Gasteiger partial charge in [0.05, 0.1) is 17.3 Å². The molecule has 0 bridgehead atoms. The summed E-state index contributed by atoms with van der Waals surface area (Å²) < 4.78 is 1.04. The quantitative estimate of drug-likeness (QED) is 0.862. The minimum atomic E-state index is -0.129. The Labute approximate surface area is 120 Å². The van der Waals surface area contributed by atoms with Crippen LogP contribution in [0, 0.1) is 11.8 Å². The lowest BCUT2D eigenvalue weighted by Gasteiger charge is -2.28. The van der Waals surface area contributed by atoms with Crippen LogP contribution in [0.25, 0.3) is 5.70 Å². The second-order valence-electron chi connectivity index (χ2n) is 5.26. The Kier molecular flexibility index (Phi) is 3.27. The number of rotatable bonds is 1. The van der Waals surface area contributed by atoms with E-state index in [0.717, 1.165) is 27.9 Å². The largest absolute Gasteiger partial charge is 0.299 e. The van der Waals surface area contributed by atoms with Gasteiger partial charge in [-0.2, -0.15) is 5.10 Å². The van der Waals surface area contributed by atoms with Gasteiger partial charge in [-0.15, -0.1) is 0 Å². The molecule has 3 rings (SSSR count). The van der Waals surface area contributed by atoms with Crippen molar-refractivity contribution in [2.75, 3.05) is 0 Å². The standard InChI is InChI=1S/C15H15BrN2O/c1-9-6-14-12(15(19)7-9)8-13(17-18-14)10-2-4-11(16)5-3-10/h2-5,8-9,12,17H,6-7H2,1H3/t9-,12+/m0/s1. The Balaban J connectivity index is 1.89. The molecule has 1 aromatic rings. The van der Waals surface area contributed by atoms with Crippen molar-refractivity contribution in [2.45, 2.75) is 19.8 Å². The summed E-state index contributed by atoms with van der Waals surface area (Å²) in [5, 5.41) is 4.40. The molecule has 2 aliphatic rings. The predicted molar refractivity (Wildman–Crippen MR) is 79.6 cm³/mol. The molecule has 1 saturated carbocycles. The average molecular weight is 319 g/mol. The topological polar surface area (TPSA) is 41.5 Å². The molecular weight excluding hydrogens is 304 g/mol. The smallest absolute Gasteiger partial charge is 0.145 e. The lowest BCUT2D eigenvalue weighted by atomic mass is 9.79. The fourth-order valence-electron chi connectivity index (χ4n) is 2.64. The van der Waals surface area contributed by atoms with E-state index in [-0.39, 0.29) is 11.7 Å². The van der Waals surface area contributed by atoms with Crippen molar-refractivity contribution in [3.63, 3.8) is 0 Å². The number of ketones is 1. The highest BCUT2D eigenvalue weighted by Crippen LogP contribution is 2.29. The van der Waals surface area contributed by atoms with E-state index in [4.69, 9.17) is 0 Å². The third kappa shape index (κ3) is 2.50. The number of halogens is 1. The summed E-state index contributed by atoms with van der Waals surface area (Å²) in [6.07, 6.45) is 3.58. The number of nitrogens with zero attached hydrogens (tertiary/aromatic N) is 1. The van der Waals surface area contributed by atoms with E-state index < -0.39 is 0 Å². The molecule has 98 valence electrons. The summed E-state index contributed by atoms with van der Waals surface area (Å²) in [5.74, 6) is 0.566. The molecule has 0 unspecified atom stereocenters. The van der Waals surface area contributed by atoms with Gasteiger partial charge in [0.1, 0.15) is 5.78 Å². The SMILES string of the molecule is C[C@@H]1CC(=O)[C@@H]2C=C(c3ccc(Br)cc3)NN=C2C1. The van der Waals surface area contributed by atoms with Crippen LogP contribution in [0.4, 0.5) is 0 Å². The van der Waals surface area contributed by atoms with Gasteiger partial charge in [-0.1, -0.05) is 35.0 Å². The van der Waals surface area contributed by atoms with Gasteiger partial charge in [0.25, 0.3) is 0 Å². The van der Waals surface area contributed by atoms with Crippen LogP contribution >= 0.6 is 15.9 Å². The van der Waals surface area contributed by atoms with Crippen LogP contribution in [-0.4, -0.2) is 11.5 Å². The van der Waals surface area contributed by atoms with E-state index in [0.29, 0.717) is 12.3 Å². The number of hydrogen-bond donors (Lipinski definition) is 1. The first-order valence-corrected chi connectivity index (χ1v) is 7.25. The molecule has 0 saturated heterocycles. The zero-order valence-corrected chi connectivity index (χ0v) is 12.3. The van der Waals surface area contributed by atoms with Crippen LogP contribution in [0.5, 0.6) is 0 Å². The number of benzene rings is 1. The summed E-state index contributed by atoms with van der Waals surface area (Å²) in [6, 6.07) is 8.00. The minimum Gasteiger partial charge on any atom is -0.299 e. The van der Waals surface area contributed by atoms with Gasteiger partial charge in [0.2, 0.25) is 0 Å². The lowest BCUT2D eigenvalue weighted by molar-refractivity contribution is -0.121. The van der Waals surface area contributed by atoms with Gasteiger partial charge >= 0.3 is 0 Å². The molecule has 1 heterocycles.